The molecule has 1 heterocycles. The zero-order valence-corrected chi connectivity index (χ0v) is 9.94. The molecule has 1 aromatic carbocycles. The van der Waals surface area contributed by atoms with E-state index in [0.717, 1.165) is 33.9 Å². The van der Waals surface area contributed by atoms with Crippen LogP contribution >= 0.6 is 27.7 Å². The number of hydrogen-bond donors (Lipinski definition) is 0. The van der Waals surface area contributed by atoms with Crippen LogP contribution < -0.4 is 4.90 Å². The average molecular weight is 269 g/mol. The fraction of sp³-hybridized carbons (Fsp3) is 0.300. The van der Waals surface area contributed by atoms with Crippen LogP contribution in [0.25, 0.3) is 0 Å². The minimum Gasteiger partial charge on any atom is -0.360 e. The van der Waals surface area contributed by atoms with Gasteiger partial charge in [0.15, 0.2) is 0 Å². The first-order chi connectivity index (χ1) is 6.81. The SMILES string of the molecule is N#Cc1cc(Br)ccc1N1CCSC1. The lowest BCUT2D eigenvalue weighted by Crippen LogP contribution is -2.18. The first-order valence-electron chi connectivity index (χ1n) is 4.33. The van der Waals surface area contributed by atoms with Crippen LogP contribution in [0.3, 0.4) is 0 Å². The van der Waals surface area contributed by atoms with E-state index in [1.54, 1.807) is 0 Å². The Bertz CT molecular complexity index is 380. The van der Waals surface area contributed by atoms with Crippen molar-refractivity contribution in [3.05, 3.63) is 28.2 Å². The summed E-state index contributed by atoms with van der Waals surface area (Å²) >= 11 is 5.28. The molecule has 0 atom stereocenters. The lowest BCUT2D eigenvalue weighted by Gasteiger charge is -2.17. The molecule has 0 unspecified atom stereocenters. The highest BCUT2D eigenvalue weighted by atomic mass is 79.9. The summed E-state index contributed by atoms with van der Waals surface area (Å²) in [4.78, 5) is 2.25. The molecule has 0 bridgehead atoms. The smallest absolute Gasteiger partial charge is 0.101 e. The first-order valence-corrected chi connectivity index (χ1v) is 6.28. The zero-order valence-electron chi connectivity index (χ0n) is 7.53. The fourth-order valence-corrected chi connectivity index (χ4v) is 2.81. The Hall–Kier alpha value is -0.660. The number of benzene rings is 1. The summed E-state index contributed by atoms with van der Waals surface area (Å²) in [6, 6.07) is 8.10. The Balaban J connectivity index is 2.37. The molecule has 2 nitrogen and oxygen atoms in total. The topological polar surface area (TPSA) is 27.0 Å². The average Bonchev–Trinajstić information content (AvgIpc) is 2.70. The number of nitriles is 1. The van der Waals surface area contributed by atoms with E-state index < -0.39 is 0 Å². The minimum atomic E-state index is 0.752. The summed E-state index contributed by atoms with van der Waals surface area (Å²) in [5.74, 6) is 2.15. The molecule has 72 valence electrons. The largest absolute Gasteiger partial charge is 0.360 e. The van der Waals surface area contributed by atoms with Crippen molar-refractivity contribution in [2.45, 2.75) is 0 Å². The van der Waals surface area contributed by atoms with Gasteiger partial charge in [0, 0.05) is 16.8 Å². The molecule has 4 heteroatoms. The van der Waals surface area contributed by atoms with Crippen LogP contribution in [-0.2, 0) is 0 Å². The highest BCUT2D eigenvalue weighted by Crippen LogP contribution is 2.28. The van der Waals surface area contributed by atoms with Gasteiger partial charge in [-0.05, 0) is 18.2 Å². The Morgan fingerprint density at radius 3 is 3.00 bits per heavy atom. The Morgan fingerprint density at radius 2 is 2.36 bits per heavy atom. The van der Waals surface area contributed by atoms with Crippen molar-refractivity contribution in [2.75, 3.05) is 23.1 Å². The fourth-order valence-electron chi connectivity index (χ4n) is 1.48. The number of rotatable bonds is 1. The summed E-state index contributed by atoms with van der Waals surface area (Å²) < 4.78 is 0.963. The molecule has 1 aliphatic heterocycles. The van der Waals surface area contributed by atoms with Gasteiger partial charge in [-0.2, -0.15) is 5.26 Å². The van der Waals surface area contributed by atoms with Gasteiger partial charge in [-0.1, -0.05) is 15.9 Å². The standard InChI is InChI=1S/C10H9BrN2S/c11-9-1-2-10(8(5-9)6-12)13-3-4-14-7-13/h1-2,5H,3-4,7H2. The molecule has 1 aromatic rings. The number of nitrogens with zero attached hydrogens (tertiary/aromatic N) is 2. The molecule has 0 aromatic heterocycles. The lowest BCUT2D eigenvalue weighted by atomic mass is 10.2. The summed E-state index contributed by atoms with van der Waals surface area (Å²) in [5.41, 5.74) is 1.81. The molecule has 0 amide bonds. The van der Waals surface area contributed by atoms with Gasteiger partial charge in [0.05, 0.1) is 17.1 Å². The molecule has 0 spiro atoms. The van der Waals surface area contributed by atoms with Gasteiger partial charge in [0.25, 0.3) is 0 Å². The van der Waals surface area contributed by atoms with Crippen molar-refractivity contribution in [2.24, 2.45) is 0 Å². The van der Waals surface area contributed by atoms with Gasteiger partial charge < -0.3 is 4.90 Å². The van der Waals surface area contributed by atoms with Gasteiger partial charge in [0.2, 0.25) is 0 Å². The minimum absolute atomic E-state index is 0.752. The molecule has 14 heavy (non-hydrogen) atoms. The van der Waals surface area contributed by atoms with E-state index in [2.05, 4.69) is 26.9 Å². The predicted molar refractivity (Wildman–Crippen MR) is 63.5 cm³/mol. The Labute approximate surface area is 96.0 Å². The molecule has 1 aliphatic rings. The predicted octanol–water partition coefficient (Wildman–Crippen LogP) is 2.83. The van der Waals surface area contributed by atoms with Crippen LogP contribution in [0.15, 0.2) is 22.7 Å². The molecular formula is C10H9BrN2S. The summed E-state index contributed by atoms with van der Waals surface area (Å²) in [6.07, 6.45) is 0. The van der Waals surface area contributed by atoms with Gasteiger partial charge in [0.1, 0.15) is 6.07 Å². The molecule has 2 rings (SSSR count). The van der Waals surface area contributed by atoms with E-state index in [1.165, 1.54) is 0 Å². The van der Waals surface area contributed by atoms with Crippen LogP contribution in [0, 0.1) is 11.3 Å². The maximum Gasteiger partial charge on any atom is 0.101 e. The molecule has 0 saturated carbocycles. The van der Waals surface area contributed by atoms with Crippen molar-refractivity contribution >= 4 is 33.4 Å². The Morgan fingerprint density at radius 1 is 1.50 bits per heavy atom. The normalized spacial score (nSPS) is 15.6. The van der Waals surface area contributed by atoms with E-state index in [9.17, 15) is 0 Å². The molecule has 0 radical (unpaired) electrons. The molecule has 0 aliphatic carbocycles. The highest BCUT2D eigenvalue weighted by Gasteiger charge is 2.15. The molecule has 0 N–H and O–H groups in total. The first kappa shape index (κ1) is 9.88. The van der Waals surface area contributed by atoms with Crippen LogP contribution in [0.2, 0.25) is 0 Å². The molecular weight excluding hydrogens is 260 g/mol. The van der Waals surface area contributed by atoms with Crippen molar-refractivity contribution < 1.29 is 0 Å². The summed E-state index contributed by atoms with van der Waals surface area (Å²) in [5, 5.41) is 9.00. The van der Waals surface area contributed by atoms with E-state index in [0.29, 0.717) is 0 Å². The van der Waals surface area contributed by atoms with Gasteiger partial charge in [-0.3, -0.25) is 0 Å². The van der Waals surface area contributed by atoms with Gasteiger partial charge in [-0.15, -0.1) is 11.8 Å². The second-order valence-corrected chi connectivity index (χ2v) is 5.06. The second kappa shape index (κ2) is 4.24. The van der Waals surface area contributed by atoms with E-state index in [-0.39, 0.29) is 0 Å². The quantitative estimate of drug-likeness (QED) is 0.784. The van der Waals surface area contributed by atoms with Crippen LogP contribution in [-0.4, -0.2) is 18.2 Å². The number of hydrogen-bond acceptors (Lipinski definition) is 3. The van der Waals surface area contributed by atoms with Crippen LogP contribution in [0.4, 0.5) is 5.69 Å². The highest BCUT2D eigenvalue weighted by molar-refractivity contribution is 9.10. The van der Waals surface area contributed by atoms with Crippen molar-refractivity contribution in [1.29, 1.82) is 5.26 Å². The van der Waals surface area contributed by atoms with E-state index >= 15 is 0 Å². The second-order valence-electron chi connectivity index (χ2n) is 3.07. The van der Waals surface area contributed by atoms with E-state index in [4.69, 9.17) is 5.26 Å². The maximum atomic E-state index is 9.00. The Kier molecular flexibility index (Phi) is 2.99. The monoisotopic (exact) mass is 268 g/mol. The third-order valence-electron chi connectivity index (χ3n) is 2.17. The van der Waals surface area contributed by atoms with Crippen molar-refractivity contribution in [3.63, 3.8) is 0 Å². The van der Waals surface area contributed by atoms with E-state index in [1.807, 2.05) is 30.0 Å². The molecule has 1 saturated heterocycles. The zero-order chi connectivity index (χ0) is 9.97. The van der Waals surface area contributed by atoms with Gasteiger partial charge >= 0.3 is 0 Å². The van der Waals surface area contributed by atoms with Gasteiger partial charge in [-0.25, -0.2) is 0 Å². The third-order valence-corrected chi connectivity index (χ3v) is 3.63. The lowest BCUT2D eigenvalue weighted by molar-refractivity contribution is 0.990. The van der Waals surface area contributed by atoms with Crippen molar-refractivity contribution in [1.82, 2.24) is 0 Å². The number of anilines is 1. The third kappa shape index (κ3) is 1.89. The summed E-state index contributed by atoms with van der Waals surface area (Å²) in [6.45, 7) is 1.04. The summed E-state index contributed by atoms with van der Waals surface area (Å²) in [7, 11) is 0. The van der Waals surface area contributed by atoms with Crippen LogP contribution in [0.1, 0.15) is 5.56 Å². The maximum absolute atomic E-state index is 9.00. The molecule has 1 fully saturated rings. The number of thioether (sulfide) groups is 1. The number of halogens is 1. The van der Waals surface area contributed by atoms with Crippen molar-refractivity contribution in [3.8, 4) is 6.07 Å². The van der Waals surface area contributed by atoms with Crippen LogP contribution in [0.5, 0.6) is 0 Å².